The first-order chi connectivity index (χ1) is 9.52. The Morgan fingerprint density at radius 2 is 2.10 bits per heavy atom. The number of likely N-dealkylation sites (tertiary alicyclic amines) is 1. The topological polar surface area (TPSA) is 58.6 Å². The van der Waals surface area contributed by atoms with Crippen molar-refractivity contribution >= 4 is 11.8 Å². The van der Waals surface area contributed by atoms with Gasteiger partial charge in [0.05, 0.1) is 18.7 Å². The number of para-hydroxylation sites is 1. The highest BCUT2D eigenvalue weighted by atomic mass is 16.5. The maximum atomic E-state index is 12.2. The lowest BCUT2D eigenvalue weighted by Crippen LogP contribution is -2.39. The summed E-state index contributed by atoms with van der Waals surface area (Å²) in [5.41, 5.74) is 0.491. The highest BCUT2D eigenvalue weighted by Gasteiger charge is 2.32. The van der Waals surface area contributed by atoms with Crippen LogP contribution in [0.25, 0.3) is 0 Å². The Kier molecular flexibility index (Phi) is 4.27. The summed E-state index contributed by atoms with van der Waals surface area (Å²) in [5.74, 6) is 0.422. The zero-order valence-electron chi connectivity index (χ0n) is 12.1. The van der Waals surface area contributed by atoms with E-state index in [1.54, 1.807) is 23.1 Å². The molecule has 20 heavy (non-hydrogen) atoms. The largest absolute Gasteiger partial charge is 0.496 e. The summed E-state index contributed by atoms with van der Waals surface area (Å²) in [4.78, 5) is 25.8. The van der Waals surface area contributed by atoms with Gasteiger partial charge in [0.25, 0.3) is 5.91 Å². The number of ether oxygens (including phenoxy) is 1. The van der Waals surface area contributed by atoms with Gasteiger partial charge in [-0.25, -0.2) is 0 Å². The Morgan fingerprint density at radius 1 is 1.40 bits per heavy atom. The molecule has 1 fully saturated rings. The number of hydrogen-bond donors (Lipinski definition) is 1. The fourth-order valence-electron chi connectivity index (χ4n) is 2.42. The van der Waals surface area contributed by atoms with Gasteiger partial charge in [-0.15, -0.1) is 0 Å². The van der Waals surface area contributed by atoms with Crippen LogP contribution in [-0.4, -0.2) is 42.5 Å². The van der Waals surface area contributed by atoms with Gasteiger partial charge in [-0.05, 0) is 26.0 Å². The van der Waals surface area contributed by atoms with Crippen molar-refractivity contribution in [2.75, 3.05) is 13.7 Å². The molecule has 1 saturated heterocycles. The Balaban J connectivity index is 2.04. The van der Waals surface area contributed by atoms with E-state index in [1.807, 2.05) is 19.9 Å². The van der Waals surface area contributed by atoms with Gasteiger partial charge in [0.15, 0.2) is 0 Å². The SMILES string of the molecule is COc1ccccc1C(=O)NC1CC(=O)N(C(C)C)C1. The van der Waals surface area contributed by atoms with Crippen LogP contribution in [0.3, 0.4) is 0 Å². The standard InChI is InChI=1S/C15H20N2O3/c1-10(2)17-9-11(8-14(17)18)16-15(19)12-6-4-5-7-13(12)20-3/h4-7,10-11H,8-9H2,1-3H3,(H,16,19). The summed E-state index contributed by atoms with van der Waals surface area (Å²) >= 11 is 0. The number of benzene rings is 1. The average molecular weight is 276 g/mol. The summed E-state index contributed by atoms with van der Waals surface area (Å²) in [6.45, 7) is 4.52. The normalized spacial score (nSPS) is 18.5. The molecule has 0 aromatic heterocycles. The summed E-state index contributed by atoms with van der Waals surface area (Å²) < 4.78 is 5.17. The van der Waals surface area contributed by atoms with E-state index in [0.29, 0.717) is 24.3 Å². The first-order valence-corrected chi connectivity index (χ1v) is 6.76. The molecule has 0 radical (unpaired) electrons. The molecule has 0 saturated carbocycles. The highest BCUT2D eigenvalue weighted by Crippen LogP contribution is 2.19. The van der Waals surface area contributed by atoms with Crippen molar-refractivity contribution in [1.82, 2.24) is 10.2 Å². The van der Waals surface area contributed by atoms with Crippen LogP contribution in [0.1, 0.15) is 30.6 Å². The zero-order valence-corrected chi connectivity index (χ0v) is 12.1. The van der Waals surface area contributed by atoms with Crippen LogP contribution < -0.4 is 10.1 Å². The summed E-state index contributed by atoms with van der Waals surface area (Å²) in [6, 6.07) is 7.09. The Bertz CT molecular complexity index is 514. The first-order valence-electron chi connectivity index (χ1n) is 6.76. The van der Waals surface area contributed by atoms with Gasteiger partial charge in [0.1, 0.15) is 5.75 Å². The van der Waals surface area contributed by atoms with Crippen LogP contribution in [0.15, 0.2) is 24.3 Å². The molecule has 1 N–H and O–H groups in total. The van der Waals surface area contributed by atoms with Gasteiger partial charge in [0.2, 0.25) is 5.91 Å². The van der Waals surface area contributed by atoms with Gasteiger partial charge in [0, 0.05) is 19.0 Å². The molecule has 0 spiro atoms. The molecule has 1 atom stereocenters. The highest BCUT2D eigenvalue weighted by molar-refractivity contribution is 5.97. The van der Waals surface area contributed by atoms with Crippen LogP contribution in [0.2, 0.25) is 0 Å². The minimum Gasteiger partial charge on any atom is -0.496 e. The van der Waals surface area contributed by atoms with E-state index in [9.17, 15) is 9.59 Å². The number of rotatable bonds is 4. The quantitative estimate of drug-likeness (QED) is 0.905. The molecule has 1 aliphatic rings. The molecule has 1 aromatic carbocycles. The molecule has 1 aliphatic heterocycles. The molecular weight excluding hydrogens is 256 g/mol. The number of nitrogens with zero attached hydrogens (tertiary/aromatic N) is 1. The molecule has 2 amide bonds. The number of carbonyl (C=O) groups excluding carboxylic acids is 2. The van der Waals surface area contributed by atoms with E-state index in [2.05, 4.69) is 5.32 Å². The van der Waals surface area contributed by atoms with Crippen molar-refractivity contribution in [3.05, 3.63) is 29.8 Å². The van der Waals surface area contributed by atoms with Crippen molar-refractivity contribution in [2.45, 2.75) is 32.4 Å². The van der Waals surface area contributed by atoms with Crippen LogP contribution in [0.5, 0.6) is 5.75 Å². The second-order valence-corrected chi connectivity index (χ2v) is 5.21. The van der Waals surface area contributed by atoms with E-state index >= 15 is 0 Å². The predicted octanol–water partition coefficient (Wildman–Crippen LogP) is 1.43. The van der Waals surface area contributed by atoms with Gasteiger partial charge in [-0.2, -0.15) is 0 Å². The second kappa shape index (κ2) is 5.94. The van der Waals surface area contributed by atoms with Crippen LogP contribution in [0, 0.1) is 0 Å². The number of nitrogens with one attached hydrogen (secondary N) is 1. The number of amides is 2. The van der Waals surface area contributed by atoms with Crippen molar-refractivity contribution in [1.29, 1.82) is 0 Å². The van der Waals surface area contributed by atoms with E-state index in [0.717, 1.165) is 0 Å². The summed E-state index contributed by atoms with van der Waals surface area (Å²) in [6.07, 6.45) is 0.360. The number of hydrogen-bond acceptors (Lipinski definition) is 3. The lowest BCUT2D eigenvalue weighted by atomic mass is 10.1. The molecule has 2 rings (SSSR count). The lowest BCUT2D eigenvalue weighted by molar-refractivity contribution is -0.129. The van der Waals surface area contributed by atoms with E-state index in [-0.39, 0.29) is 23.9 Å². The van der Waals surface area contributed by atoms with Crippen molar-refractivity contribution in [2.24, 2.45) is 0 Å². The van der Waals surface area contributed by atoms with Crippen LogP contribution in [0.4, 0.5) is 0 Å². The average Bonchev–Trinajstić information content (AvgIpc) is 2.79. The third kappa shape index (κ3) is 2.92. The summed E-state index contributed by atoms with van der Waals surface area (Å²) in [5, 5.41) is 2.90. The zero-order chi connectivity index (χ0) is 14.7. The maximum Gasteiger partial charge on any atom is 0.255 e. The van der Waals surface area contributed by atoms with Gasteiger partial charge >= 0.3 is 0 Å². The molecular formula is C15H20N2O3. The van der Waals surface area contributed by atoms with Crippen molar-refractivity contribution < 1.29 is 14.3 Å². The Morgan fingerprint density at radius 3 is 2.70 bits per heavy atom. The molecule has 0 bridgehead atoms. The molecule has 1 heterocycles. The Hall–Kier alpha value is -2.04. The fourth-order valence-corrected chi connectivity index (χ4v) is 2.42. The van der Waals surface area contributed by atoms with Crippen LogP contribution in [-0.2, 0) is 4.79 Å². The van der Waals surface area contributed by atoms with Gasteiger partial charge < -0.3 is 15.0 Å². The second-order valence-electron chi connectivity index (χ2n) is 5.21. The minimum absolute atomic E-state index is 0.0883. The van der Waals surface area contributed by atoms with Crippen molar-refractivity contribution in [3.8, 4) is 5.75 Å². The Labute approximate surface area is 118 Å². The third-order valence-corrected chi connectivity index (χ3v) is 3.47. The molecule has 1 aromatic rings. The smallest absolute Gasteiger partial charge is 0.255 e. The first kappa shape index (κ1) is 14.4. The fraction of sp³-hybridized carbons (Fsp3) is 0.467. The molecule has 108 valence electrons. The van der Waals surface area contributed by atoms with E-state index < -0.39 is 0 Å². The number of carbonyl (C=O) groups is 2. The molecule has 1 unspecified atom stereocenters. The molecule has 5 heteroatoms. The van der Waals surface area contributed by atoms with Gasteiger partial charge in [-0.3, -0.25) is 9.59 Å². The third-order valence-electron chi connectivity index (χ3n) is 3.47. The van der Waals surface area contributed by atoms with Gasteiger partial charge in [-0.1, -0.05) is 12.1 Å². The van der Waals surface area contributed by atoms with E-state index in [1.165, 1.54) is 7.11 Å². The van der Waals surface area contributed by atoms with E-state index in [4.69, 9.17) is 4.74 Å². The minimum atomic E-state index is -0.203. The monoisotopic (exact) mass is 276 g/mol. The number of methoxy groups -OCH3 is 1. The molecule has 0 aliphatic carbocycles. The maximum absolute atomic E-state index is 12.2. The van der Waals surface area contributed by atoms with Crippen molar-refractivity contribution in [3.63, 3.8) is 0 Å². The molecule has 5 nitrogen and oxygen atoms in total. The van der Waals surface area contributed by atoms with Crippen LogP contribution >= 0.6 is 0 Å². The predicted molar refractivity (Wildman–Crippen MR) is 75.7 cm³/mol. The lowest BCUT2D eigenvalue weighted by Gasteiger charge is -2.21. The summed E-state index contributed by atoms with van der Waals surface area (Å²) in [7, 11) is 1.53.